The summed E-state index contributed by atoms with van der Waals surface area (Å²) >= 11 is 0. The first-order valence-electron chi connectivity index (χ1n) is 10.2. The molecule has 0 saturated carbocycles. The van der Waals surface area contributed by atoms with Crippen molar-refractivity contribution in [1.82, 2.24) is 14.7 Å². The topological polar surface area (TPSA) is 60.9 Å². The van der Waals surface area contributed by atoms with Crippen LogP contribution >= 0.6 is 0 Å². The molecule has 2 saturated heterocycles. The molecule has 0 aromatic heterocycles. The molecule has 1 aromatic rings. The molecule has 1 amide bonds. The highest BCUT2D eigenvalue weighted by Gasteiger charge is 2.34. The van der Waals surface area contributed by atoms with Crippen LogP contribution in [0, 0.1) is 0 Å². The normalized spacial score (nSPS) is 26.2. The molecule has 1 atom stereocenters. The minimum Gasteiger partial charge on any atom is -0.338 e. The summed E-state index contributed by atoms with van der Waals surface area (Å²) in [6, 6.07) is 10.5. The maximum Gasteiger partial charge on any atom is 0.237 e. The van der Waals surface area contributed by atoms with Gasteiger partial charge in [-0.25, -0.2) is 8.42 Å². The molecule has 4 rings (SSSR count). The summed E-state index contributed by atoms with van der Waals surface area (Å²) in [5.41, 5.74) is 2.57. The maximum atomic E-state index is 12.7. The van der Waals surface area contributed by atoms with Gasteiger partial charge >= 0.3 is 0 Å². The fourth-order valence-electron chi connectivity index (χ4n) is 4.45. The predicted octanol–water partition coefficient (Wildman–Crippen LogP) is 1.11. The van der Waals surface area contributed by atoms with E-state index in [1.807, 2.05) is 23.1 Å². The Kier molecular flexibility index (Phi) is 5.85. The molecule has 7 heteroatoms. The third kappa shape index (κ3) is 4.64. The van der Waals surface area contributed by atoms with Gasteiger partial charge in [-0.2, -0.15) is 0 Å². The van der Waals surface area contributed by atoms with Crippen LogP contribution in [0.1, 0.15) is 18.4 Å². The van der Waals surface area contributed by atoms with Crippen LogP contribution in [0.25, 0.3) is 5.57 Å². The standard InChI is InChI=1S/C21H29N3O3S/c25-21(24-9-6-19(7-10-24)18-4-2-1-3-5-18)16-22-11-13-23(14-12-22)20-8-15-28(26,27)17-20/h1-6,20H,7-17H2/t20-/m1/s1. The van der Waals surface area contributed by atoms with Crippen LogP contribution < -0.4 is 0 Å². The molecule has 0 unspecified atom stereocenters. The second kappa shape index (κ2) is 8.35. The van der Waals surface area contributed by atoms with Gasteiger partial charge in [0.25, 0.3) is 0 Å². The van der Waals surface area contributed by atoms with Gasteiger partial charge in [-0.05, 0) is 24.0 Å². The molecular formula is C21H29N3O3S. The molecule has 2 fully saturated rings. The number of amides is 1. The molecule has 1 aromatic carbocycles. The third-order valence-corrected chi connectivity index (χ3v) is 7.95. The zero-order valence-corrected chi connectivity index (χ0v) is 17.1. The average Bonchev–Trinajstić information content (AvgIpc) is 3.09. The Morgan fingerprint density at radius 1 is 1.04 bits per heavy atom. The molecule has 152 valence electrons. The second-order valence-corrected chi connectivity index (χ2v) is 10.3. The monoisotopic (exact) mass is 403 g/mol. The van der Waals surface area contributed by atoms with Crippen LogP contribution in [0.3, 0.4) is 0 Å². The molecule has 0 aliphatic carbocycles. The summed E-state index contributed by atoms with van der Waals surface area (Å²) in [6.07, 6.45) is 3.83. The highest BCUT2D eigenvalue weighted by atomic mass is 32.2. The van der Waals surface area contributed by atoms with Crippen molar-refractivity contribution in [3.8, 4) is 0 Å². The van der Waals surface area contributed by atoms with Gasteiger partial charge in [0.15, 0.2) is 9.84 Å². The van der Waals surface area contributed by atoms with Crippen LogP contribution in [0.5, 0.6) is 0 Å². The second-order valence-electron chi connectivity index (χ2n) is 8.05. The molecule has 0 N–H and O–H groups in total. The van der Waals surface area contributed by atoms with Crippen molar-refractivity contribution < 1.29 is 13.2 Å². The quantitative estimate of drug-likeness (QED) is 0.754. The molecule has 3 aliphatic heterocycles. The predicted molar refractivity (Wildman–Crippen MR) is 111 cm³/mol. The van der Waals surface area contributed by atoms with E-state index in [1.54, 1.807) is 0 Å². The first-order chi connectivity index (χ1) is 13.5. The zero-order chi connectivity index (χ0) is 19.6. The van der Waals surface area contributed by atoms with E-state index in [2.05, 4.69) is 28.0 Å². The van der Waals surface area contributed by atoms with Crippen molar-refractivity contribution in [2.75, 3.05) is 57.3 Å². The molecule has 3 aliphatic rings. The first kappa shape index (κ1) is 19.6. The Hall–Kier alpha value is -1.70. The Labute approximate surface area is 167 Å². The maximum absolute atomic E-state index is 12.7. The van der Waals surface area contributed by atoms with Crippen LogP contribution in [-0.4, -0.2) is 92.4 Å². The zero-order valence-electron chi connectivity index (χ0n) is 16.3. The Balaban J connectivity index is 1.24. The van der Waals surface area contributed by atoms with Crippen molar-refractivity contribution in [2.24, 2.45) is 0 Å². The summed E-state index contributed by atoms with van der Waals surface area (Å²) in [5.74, 6) is 0.819. The van der Waals surface area contributed by atoms with Gasteiger partial charge in [0.2, 0.25) is 5.91 Å². The van der Waals surface area contributed by atoms with Crippen LogP contribution in [0.15, 0.2) is 36.4 Å². The highest BCUT2D eigenvalue weighted by molar-refractivity contribution is 7.91. The summed E-state index contributed by atoms with van der Waals surface area (Å²) in [5, 5.41) is 0. The van der Waals surface area contributed by atoms with E-state index in [-0.39, 0.29) is 11.9 Å². The molecule has 28 heavy (non-hydrogen) atoms. The molecule has 0 bridgehead atoms. The van der Waals surface area contributed by atoms with E-state index in [0.29, 0.717) is 24.6 Å². The summed E-state index contributed by atoms with van der Waals surface area (Å²) in [4.78, 5) is 19.1. The minimum atomic E-state index is -2.84. The fourth-order valence-corrected chi connectivity index (χ4v) is 6.21. The number of hydrogen-bond acceptors (Lipinski definition) is 5. The lowest BCUT2D eigenvalue weighted by atomic mass is 9.99. The number of nitrogens with zero attached hydrogens (tertiary/aromatic N) is 3. The molecule has 0 spiro atoms. The van der Waals surface area contributed by atoms with E-state index < -0.39 is 9.84 Å². The number of carbonyl (C=O) groups excluding carboxylic acids is 1. The number of hydrogen-bond donors (Lipinski definition) is 0. The van der Waals surface area contributed by atoms with Gasteiger partial charge in [0.1, 0.15) is 0 Å². The van der Waals surface area contributed by atoms with Gasteiger partial charge < -0.3 is 4.90 Å². The Morgan fingerprint density at radius 2 is 1.79 bits per heavy atom. The molecule has 0 radical (unpaired) electrons. The minimum absolute atomic E-state index is 0.173. The third-order valence-electron chi connectivity index (χ3n) is 6.20. The summed E-state index contributed by atoms with van der Waals surface area (Å²) in [7, 11) is -2.84. The SMILES string of the molecule is O=C(CN1CCN([C@@H]2CCS(=O)(=O)C2)CC1)N1CC=C(c2ccccc2)CC1. The average molecular weight is 404 g/mol. The van der Waals surface area contributed by atoms with E-state index in [4.69, 9.17) is 0 Å². The van der Waals surface area contributed by atoms with Crippen LogP contribution in [-0.2, 0) is 14.6 Å². The van der Waals surface area contributed by atoms with Crippen LogP contribution in [0.4, 0.5) is 0 Å². The lowest BCUT2D eigenvalue weighted by molar-refractivity contribution is -0.132. The Morgan fingerprint density at radius 3 is 2.39 bits per heavy atom. The van der Waals surface area contributed by atoms with Gasteiger partial charge in [0.05, 0.1) is 18.1 Å². The number of piperazine rings is 1. The lowest BCUT2D eigenvalue weighted by Gasteiger charge is -2.38. The van der Waals surface area contributed by atoms with Gasteiger partial charge in [0, 0.05) is 45.3 Å². The molecular weight excluding hydrogens is 374 g/mol. The van der Waals surface area contributed by atoms with Gasteiger partial charge in [-0.15, -0.1) is 0 Å². The van der Waals surface area contributed by atoms with Crippen molar-refractivity contribution >= 4 is 21.3 Å². The van der Waals surface area contributed by atoms with Crippen LogP contribution in [0.2, 0.25) is 0 Å². The smallest absolute Gasteiger partial charge is 0.237 e. The highest BCUT2D eigenvalue weighted by Crippen LogP contribution is 2.22. The largest absolute Gasteiger partial charge is 0.338 e. The number of benzene rings is 1. The van der Waals surface area contributed by atoms with Crippen molar-refractivity contribution in [1.29, 1.82) is 0 Å². The fraction of sp³-hybridized carbons (Fsp3) is 0.571. The number of rotatable bonds is 4. The van der Waals surface area contributed by atoms with Gasteiger partial charge in [-0.1, -0.05) is 36.4 Å². The van der Waals surface area contributed by atoms with E-state index in [0.717, 1.165) is 45.6 Å². The van der Waals surface area contributed by atoms with Crippen molar-refractivity contribution in [2.45, 2.75) is 18.9 Å². The number of carbonyl (C=O) groups is 1. The van der Waals surface area contributed by atoms with E-state index >= 15 is 0 Å². The summed E-state index contributed by atoms with van der Waals surface area (Å²) in [6.45, 7) is 5.30. The summed E-state index contributed by atoms with van der Waals surface area (Å²) < 4.78 is 23.4. The van der Waals surface area contributed by atoms with Gasteiger partial charge in [-0.3, -0.25) is 14.6 Å². The first-order valence-corrected chi connectivity index (χ1v) is 12.0. The Bertz CT molecular complexity index is 830. The van der Waals surface area contributed by atoms with Crippen molar-refractivity contribution in [3.05, 3.63) is 42.0 Å². The van der Waals surface area contributed by atoms with E-state index in [1.165, 1.54) is 11.1 Å². The lowest BCUT2D eigenvalue weighted by Crippen LogP contribution is -2.53. The van der Waals surface area contributed by atoms with E-state index in [9.17, 15) is 13.2 Å². The van der Waals surface area contributed by atoms with Crippen molar-refractivity contribution in [3.63, 3.8) is 0 Å². The molecule has 3 heterocycles. The molecule has 6 nitrogen and oxygen atoms in total. The number of sulfone groups is 1.